The van der Waals surface area contributed by atoms with Crippen LogP contribution in [0.2, 0.25) is 0 Å². The van der Waals surface area contributed by atoms with E-state index in [1.807, 2.05) is 0 Å². The summed E-state index contributed by atoms with van der Waals surface area (Å²) in [5.74, 6) is 2.91. The van der Waals surface area contributed by atoms with Gasteiger partial charge >= 0.3 is 5.97 Å². The minimum Gasteiger partial charge on any atom is -0.481 e. The van der Waals surface area contributed by atoms with E-state index >= 15 is 0 Å². The monoisotopic (exact) mass is 496 g/mol. The highest BCUT2D eigenvalue weighted by atomic mass is 16.4. The zero-order chi connectivity index (χ0) is 26.4. The maximum atomic E-state index is 11.6. The average molecular weight is 497 g/mol. The number of fused-ring (bicyclic) bond motifs is 7. The van der Waals surface area contributed by atoms with Gasteiger partial charge in [0.05, 0.1) is 0 Å². The van der Waals surface area contributed by atoms with Gasteiger partial charge < -0.3 is 5.11 Å². The van der Waals surface area contributed by atoms with Crippen molar-refractivity contribution >= 4 is 5.97 Å². The third kappa shape index (κ3) is 2.35. The van der Waals surface area contributed by atoms with Crippen molar-refractivity contribution in [2.24, 2.45) is 67.0 Å². The summed E-state index contributed by atoms with van der Waals surface area (Å²) in [6.07, 6.45) is 15.0. The summed E-state index contributed by atoms with van der Waals surface area (Å²) in [6.45, 7) is 24.1. The smallest absolute Gasteiger partial charge is 0.303 e. The maximum absolute atomic E-state index is 11.6. The second-order valence-electron chi connectivity index (χ2n) is 17.5. The summed E-state index contributed by atoms with van der Waals surface area (Å²) in [5.41, 5.74) is 2.86. The van der Waals surface area contributed by atoms with Crippen molar-refractivity contribution in [2.45, 2.75) is 139 Å². The lowest BCUT2D eigenvalue weighted by molar-refractivity contribution is -0.404. The molecule has 0 aromatic rings. The quantitative estimate of drug-likeness (QED) is 0.397. The lowest BCUT2D eigenvalue weighted by Gasteiger charge is -2.88. The van der Waals surface area contributed by atoms with Gasteiger partial charge in [-0.3, -0.25) is 4.79 Å². The molecule has 36 heavy (non-hydrogen) atoms. The van der Waals surface area contributed by atoms with E-state index in [1.165, 1.54) is 57.8 Å². The second-order valence-corrected chi connectivity index (χ2v) is 17.5. The molecule has 204 valence electrons. The third-order valence-electron chi connectivity index (χ3n) is 16.9. The minimum absolute atomic E-state index is 0.271. The van der Waals surface area contributed by atoms with Gasteiger partial charge in [-0.05, 0) is 138 Å². The second kappa shape index (κ2) is 6.96. The van der Waals surface area contributed by atoms with Crippen molar-refractivity contribution in [3.8, 4) is 0 Å². The number of carboxylic acids is 1. The molecule has 2 heteroatoms. The molecule has 2 nitrogen and oxygen atoms in total. The maximum Gasteiger partial charge on any atom is 0.303 e. The van der Waals surface area contributed by atoms with E-state index in [2.05, 4.69) is 62.3 Å². The normalized spacial score (nSPS) is 55.0. The standard InChI is InChI=1S/C34H56O2/c1-27(2)22-12-16-30(7,25(27)19-22)34-21-24(29(34,5)6)14-18-32(34,9)31(8)17-13-23-20-33(31,28(23,3)4)15-10-11-26(35)36/h22-25H,10-21H2,1-9H3,(H,35,36). The lowest BCUT2D eigenvalue weighted by atomic mass is 9.16. The van der Waals surface area contributed by atoms with E-state index in [1.54, 1.807) is 0 Å². The molecule has 9 saturated carbocycles. The predicted octanol–water partition coefficient (Wildman–Crippen LogP) is 9.37. The van der Waals surface area contributed by atoms with Crippen LogP contribution in [0.1, 0.15) is 139 Å². The summed E-state index contributed by atoms with van der Waals surface area (Å²) < 4.78 is 0. The van der Waals surface area contributed by atoms with Crippen LogP contribution in [0.25, 0.3) is 0 Å². The van der Waals surface area contributed by atoms with Crippen LogP contribution in [0.5, 0.6) is 0 Å². The first-order valence-electron chi connectivity index (χ1n) is 15.7. The zero-order valence-electron chi connectivity index (χ0n) is 25.2. The molecular formula is C34H56O2. The zero-order valence-corrected chi connectivity index (χ0v) is 25.2. The molecule has 9 fully saturated rings. The Bertz CT molecular complexity index is 974. The van der Waals surface area contributed by atoms with Gasteiger partial charge in [-0.1, -0.05) is 62.3 Å². The number of carbonyl (C=O) groups is 1. The fraction of sp³-hybridized carbons (Fsp3) is 0.971. The molecule has 0 aromatic carbocycles. The van der Waals surface area contributed by atoms with E-state index in [4.69, 9.17) is 0 Å². The Balaban J connectivity index is 1.50. The van der Waals surface area contributed by atoms with E-state index in [0.29, 0.717) is 38.9 Å². The van der Waals surface area contributed by atoms with Crippen LogP contribution in [0, 0.1) is 67.0 Å². The van der Waals surface area contributed by atoms with Crippen LogP contribution >= 0.6 is 0 Å². The topological polar surface area (TPSA) is 37.3 Å². The molecule has 6 bridgehead atoms. The Morgan fingerprint density at radius 2 is 1.33 bits per heavy atom. The molecule has 0 spiro atoms. The average Bonchev–Trinajstić information content (AvgIpc) is 2.78. The van der Waals surface area contributed by atoms with Crippen molar-refractivity contribution in [3.05, 3.63) is 0 Å². The molecule has 9 unspecified atom stereocenters. The van der Waals surface area contributed by atoms with Crippen molar-refractivity contribution in [2.75, 3.05) is 0 Å². The van der Waals surface area contributed by atoms with E-state index in [0.717, 1.165) is 36.5 Å². The van der Waals surface area contributed by atoms with Gasteiger partial charge in [0.15, 0.2) is 0 Å². The SMILES string of the molecule is CC1(C)C2CCC(C)(C34CC(CCC3(C)C3(C)CCC5CC3(CCCC(=O)O)C5(C)C)C4(C)C)C1C2. The van der Waals surface area contributed by atoms with Crippen molar-refractivity contribution < 1.29 is 9.90 Å². The van der Waals surface area contributed by atoms with Crippen molar-refractivity contribution in [1.29, 1.82) is 0 Å². The molecule has 0 amide bonds. The molecule has 0 aromatic heterocycles. The molecule has 0 heterocycles. The van der Waals surface area contributed by atoms with Crippen LogP contribution in [0.15, 0.2) is 0 Å². The Labute approximate surface area is 222 Å². The first-order valence-corrected chi connectivity index (χ1v) is 15.7. The molecule has 9 aliphatic carbocycles. The fourth-order valence-corrected chi connectivity index (χ4v) is 14.6. The van der Waals surface area contributed by atoms with Gasteiger partial charge in [-0.15, -0.1) is 0 Å². The van der Waals surface area contributed by atoms with E-state index in [-0.39, 0.29) is 10.8 Å². The number of hydrogen-bond donors (Lipinski definition) is 1. The number of aliphatic carboxylic acids is 1. The minimum atomic E-state index is -0.614. The summed E-state index contributed by atoms with van der Waals surface area (Å²) in [5, 5.41) is 9.54. The van der Waals surface area contributed by atoms with Crippen LogP contribution in [0.3, 0.4) is 0 Å². The van der Waals surface area contributed by atoms with Gasteiger partial charge in [0.2, 0.25) is 0 Å². The first kappa shape index (κ1) is 25.7. The van der Waals surface area contributed by atoms with Gasteiger partial charge in [0, 0.05) is 6.42 Å². The highest BCUT2D eigenvalue weighted by Crippen LogP contribution is 2.92. The summed E-state index contributed by atoms with van der Waals surface area (Å²) in [7, 11) is 0. The van der Waals surface area contributed by atoms with E-state index in [9.17, 15) is 9.90 Å². The highest BCUT2D eigenvalue weighted by Gasteiger charge is 2.85. The number of rotatable bonds is 6. The largest absolute Gasteiger partial charge is 0.481 e. The highest BCUT2D eigenvalue weighted by molar-refractivity contribution is 5.66. The predicted molar refractivity (Wildman–Crippen MR) is 148 cm³/mol. The molecule has 9 atom stereocenters. The Morgan fingerprint density at radius 3 is 1.86 bits per heavy atom. The molecule has 0 radical (unpaired) electrons. The Kier molecular flexibility index (Phi) is 4.98. The van der Waals surface area contributed by atoms with Crippen LogP contribution in [0.4, 0.5) is 0 Å². The van der Waals surface area contributed by atoms with Gasteiger partial charge in [-0.2, -0.15) is 0 Å². The molecule has 0 saturated heterocycles. The third-order valence-corrected chi connectivity index (χ3v) is 16.9. The van der Waals surface area contributed by atoms with Crippen molar-refractivity contribution in [1.82, 2.24) is 0 Å². The summed E-state index contributed by atoms with van der Waals surface area (Å²) in [6, 6.07) is 0. The lowest BCUT2D eigenvalue weighted by Crippen LogP contribution is -2.82. The molecule has 9 aliphatic rings. The van der Waals surface area contributed by atoms with Crippen LogP contribution in [-0.2, 0) is 4.79 Å². The molecule has 0 aliphatic heterocycles. The van der Waals surface area contributed by atoms with Gasteiger partial charge in [-0.25, -0.2) is 0 Å². The summed E-state index contributed by atoms with van der Waals surface area (Å²) in [4.78, 5) is 11.6. The van der Waals surface area contributed by atoms with Crippen LogP contribution in [-0.4, -0.2) is 11.1 Å². The number of hydrogen-bond acceptors (Lipinski definition) is 1. The van der Waals surface area contributed by atoms with E-state index < -0.39 is 5.97 Å². The summed E-state index contributed by atoms with van der Waals surface area (Å²) >= 11 is 0. The Hall–Kier alpha value is -0.530. The van der Waals surface area contributed by atoms with Crippen LogP contribution < -0.4 is 0 Å². The molecular weight excluding hydrogens is 440 g/mol. The van der Waals surface area contributed by atoms with Crippen molar-refractivity contribution in [3.63, 3.8) is 0 Å². The molecule has 1 N–H and O–H groups in total. The fourth-order valence-electron chi connectivity index (χ4n) is 14.6. The first-order chi connectivity index (χ1) is 16.5. The Morgan fingerprint density at radius 1 is 0.750 bits per heavy atom. The van der Waals surface area contributed by atoms with Gasteiger partial charge in [0.1, 0.15) is 0 Å². The number of carboxylic acid groups (broad SMARTS) is 1. The van der Waals surface area contributed by atoms with Gasteiger partial charge in [0.25, 0.3) is 0 Å². The molecule has 9 rings (SSSR count).